The van der Waals surface area contributed by atoms with Gasteiger partial charge in [0.25, 0.3) is 5.92 Å². The summed E-state index contributed by atoms with van der Waals surface area (Å²) in [4.78, 5) is 8.82. The van der Waals surface area contributed by atoms with Gasteiger partial charge >= 0.3 is 5.92 Å². The minimum absolute atomic E-state index is 0.0201. The first-order valence-electron chi connectivity index (χ1n) is 12.3. The molecule has 2 aromatic carbocycles. The van der Waals surface area contributed by atoms with Crippen molar-refractivity contribution in [2.24, 2.45) is 0 Å². The maximum Gasteiger partial charge on any atom is 0.303 e. The van der Waals surface area contributed by atoms with E-state index >= 15 is 4.39 Å². The first-order valence-corrected chi connectivity index (χ1v) is 12.3. The first-order chi connectivity index (χ1) is 18.2. The van der Waals surface area contributed by atoms with Crippen LogP contribution in [0.15, 0.2) is 30.3 Å². The summed E-state index contributed by atoms with van der Waals surface area (Å²) in [6, 6.07) is 5.98. The highest BCUT2D eigenvalue weighted by molar-refractivity contribution is 5.92. The summed E-state index contributed by atoms with van der Waals surface area (Å²) in [6.07, 6.45) is -1.41. The van der Waals surface area contributed by atoms with Crippen molar-refractivity contribution >= 4 is 16.7 Å². The fraction of sp³-hybridized carbons (Fsp3) is 0.481. The summed E-state index contributed by atoms with van der Waals surface area (Å²) in [5.74, 6) is -6.50. The molecule has 1 unspecified atom stereocenters. The van der Waals surface area contributed by atoms with Crippen LogP contribution < -0.4 is 14.8 Å². The van der Waals surface area contributed by atoms with Gasteiger partial charge in [-0.3, -0.25) is 0 Å². The van der Waals surface area contributed by atoms with Gasteiger partial charge in [-0.2, -0.15) is 8.78 Å². The smallest absolute Gasteiger partial charge is 0.303 e. The number of aryl methyl sites for hydroxylation is 1. The number of alkyl halides is 4. The Bertz CT molecular complexity index is 1360. The minimum atomic E-state index is -3.84. The van der Waals surface area contributed by atoms with Gasteiger partial charge < -0.3 is 24.6 Å². The third kappa shape index (κ3) is 5.86. The lowest BCUT2D eigenvalue weighted by atomic mass is 9.91. The molecular weight excluding hydrogens is 525 g/mol. The second kappa shape index (κ2) is 10.4. The van der Waals surface area contributed by atoms with Crippen LogP contribution in [-0.2, 0) is 10.7 Å². The van der Waals surface area contributed by atoms with Crippen molar-refractivity contribution in [3.63, 3.8) is 0 Å². The second-order valence-electron chi connectivity index (χ2n) is 10.0. The predicted octanol–water partition coefficient (Wildman–Crippen LogP) is 5.92. The molecule has 3 aromatic rings. The zero-order valence-electron chi connectivity index (χ0n) is 22.1. The molecule has 0 radical (unpaired) electrons. The highest BCUT2D eigenvalue weighted by Gasteiger charge is 2.58. The van der Waals surface area contributed by atoms with Crippen LogP contribution >= 0.6 is 0 Å². The number of rotatable bonds is 11. The number of hydrogen-bond donors (Lipinski definition) is 2. The van der Waals surface area contributed by atoms with Crippen molar-refractivity contribution in [1.29, 1.82) is 0 Å². The van der Waals surface area contributed by atoms with Crippen LogP contribution in [0, 0.1) is 12.7 Å². The van der Waals surface area contributed by atoms with Crippen molar-refractivity contribution in [2.75, 3.05) is 25.6 Å². The number of ether oxygens (including phenoxy) is 3. The van der Waals surface area contributed by atoms with E-state index in [0.717, 1.165) is 19.9 Å². The third-order valence-corrected chi connectivity index (χ3v) is 6.48. The molecule has 1 aliphatic carbocycles. The van der Waals surface area contributed by atoms with E-state index < -0.39 is 41.0 Å². The van der Waals surface area contributed by atoms with E-state index in [1.165, 1.54) is 19.2 Å². The molecule has 0 aliphatic heterocycles. The van der Waals surface area contributed by atoms with E-state index in [1.54, 1.807) is 26.0 Å². The average molecular weight is 556 g/mol. The van der Waals surface area contributed by atoms with E-state index in [1.807, 2.05) is 0 Å². The lowest BCUT2D eigenvalue weighted by molar-refractivity contribution is -0.170. The summed E-state index contributed by atoms with van der Waals surface area (Å²) in [7, 11) is 1.43. The highest BCUT2D eigenvalue weighted by Crippen LogP contribution is 2.44. The fourth-order valence-corrected chi connectivity index (χ4v) is 4.09. The van der Waals surface area contributed by atoms with E-state index in [-0.39, 0.29) is 36.8 Å². The van der Waals surface area contributed by atoms with Crippen LogP contribution in [0.5, 0.6) is 11.5 Å². The highest BCUT2D eigenvalue weighted by atomic mass is 19.3. The number of benzene rings is 2. The van der Waals surface area contributed by atoms with Crippen LogP contribution in [0.2, 0.25) is 0 Å². The Labute approximate surface area is 222 Å². The molecular formula is C27H30F5N3O4. The Balaban J connectivity index is 1.61. The zero-order valence-corrected chi connectivity index (χ0v) is 22.1. The number of fused-ring (bicyclic) bond motifs is 1. The van der Waals surface area contributed by atoms with Crippen molar-refractivity contribution in [3.8, 4) is 11.5 Å². The zero-order chi connectivity index (χ0) is 28.8. The van der Waals surface area contributed by atoms with E-state index in [9.17, 15) is 22.7 Å². The molecule has 7 nitrogen and oxygen atoms in total. The summed E-state index contributed by atoms with van der Waals surface area (Å²) in [5, 5.41) is 13.5. The van der Waals surface area contributed by atoms with E-state index in [2.05, 4.69) is 15.3 Å². The average Bonchev–Trinajstić information content (AvgIpc) is 3.46. The third-order valence-electron chi connectivity index (χ3n) is 6.48. The maximum atomic E-state index is 15.3. The lowest BCUT2D eigenvalue weighted by Gasteiger charge is -2.30. The van der Waals surface area contributed by atoms with Gasteiger partial charge in [-0.05, 0) is 39.8 Å². The van der Waals surface area contributed by atoms with Gasteiger partial charge in [-0.15, -0.1) is 0 Å². The molecule has 0 bridgehead atoms. The Morgan fingerprint density at radius 2 is 1.85 bits per heavy atom. The number of nitrogens with one attached hydrogen (secondary N) is 1. The maximum absolute atomic E-state index is 15.3. The molecule has 39 heavy (non-hydrogen) atoms. The number of anilines is 1. The standard InChI is InChI=1S/C27H30F5N3O4/c1-14(16-7-6-8-18(23(16)28)27(31,32)25(3,4)36)33-24-17-11-21(38-9-10-39-22-13-26(22,29)30)20(37-5)12-19(17)34-15(2)35-24/h6-8,11-12,14,22,36H,9-10,13H2,1-5H3,(H,33,34,35)/t14-,22?/m1/s1. The molecule has 212 valence electrons. The number of aliphatic hydroxyl groups is 1. The molecule has 2 N–H and O–H groups in total. The first kappa shape index (κ1) is 28.8. The summed E-state index contributed by atoms with van der Waals surface area (Å²) < 4.78 is 87.1. The van der Waals surface area contributed by atoms with Crippen LogP contribution in [0.4, 0.5) is 27.8 Å². The van der Waals surface area contributed by atoms with Crippen LogP contribution in [0.1, 0.15) is 50.2 Å². The van der Waals surface area contributed by atoms with Gasteiger partial charge in [0.1, 0.15) is 35.8 Å². The largest absolute Gasteiger partial charge is 0.493 e. The molecule has 1 heterocycles. The van der Waals surface area contributed by atoms with E-state index in [0.29, 0.717) is 22.5 Å². The molecule has 0 amide bonds. The SMILES string of the molecule is COc1cc2nc(C)nc(N[C@H](C)c3cccc(C(F)(F)C(C)(C)O)c3F)c2cc1OCCOC1CC1(F)F. The van der Waals surface area contributed by atoms with Crippen LogP contribution in [0.25, 0.3) is 10.9 Å². The number of hydrogen-bond acceptors (Lipinski definition) is 7. The fourth-order valence-electron chi connectivity index (χ4n) is 4.09. The van der Waals surface area contributed by atoms with Crippen LogP contribution in [0.3, 0.4) is 0 Å². The molecule has 12 heteroatoms. The van der Waals surface area contributed by atoms with Crippen molar-refractivity contribution in [2.45, 2.75) is 63.7 Å². The topological polar surface area (TPSA) is 85.7 Å². The minimum Gasteiger partial charge on any atom is -0.493 e. The quantitative estimate of drug-likeness (QED) is 0.224. The number of halogens is 5. The Morgan fingerprint density at radius 1 is 1.15 bits per heavy atom. The Morgan fingerprint density at radius 3 is 2.46 bits per heavy atom. The van der Waals surface area contributed by atoms with Crippen LogP contribution in [-0.4, -0.2) is 53.0 Å². The van der Waals surface area contributed by atoms with Gasteiger partial charge in [0.15, 0.2) is 11.5 Å². The lowest BCUT2D eigenvalue weighted by Crippen LogP contribution is -2.41. The molecule has 1 aromatic heterocycles. The predicted molar refractivity (Wildman–Crippen MR) is 134 cm³/mol. The van der Waals surface area contributed by atoms with Gasteiger partial charge in [0.05, 0.1) is 30.8 Å². The molecule has 4 rings (SSSR count). The molecule has 1 fully saturated rings. The summed E-state index contributed by atoms with van der Waals surface area (Å²) >= 11 is 0. The normalized spacial score (nSPS) is 17.7. The van der Waals surface area contributed by atoms with E-state index in [4.69, 9.17) is 14.2 Å². The molecule has 0 spiro atoms. The molecule has 2 atom stereocenters. The number of nitrogens with zero attached hydrogens (tertiary/aromatic N) is 2. The van der Waals surface area contributed by atoms with Gasteiger partial charge in [0, 0.05) is 23.4 Å². The summed E-state index contributed by atoms with van der Waals surface area (Å²) in [5.41, 5.74) is -2.99. The van der Waals surface area contributed by atoms with Crippen molar-refractivity contribution < 1.29 is 41.3 Å². The Kier molecular flexibility index (Phi) is 7.65. The molecule has 1 saturated carbocycles. The van der Waals surface area contributed by atoms with Gasteiger partial charge in [0.2, 0.25) is 0 Å². The van der Waals surface area contributed by atoms with Gasteiger partial charge in [-0.25, -0.2) is 23.1 Å². The molecule has 1 aliphatic rings. The molecule has 0 saturated heterocycles. The second-order valence-corrected chi connectivity index (χ2v) is 10.0. The monoisotopic (exact) mass is 555 g/mol. The summed E-state index contributed by atoms with van der Waals surface area (Å²) in [6.45, 7) is 4.99. The van der Waals surface area contributed by atoms with Crippen molar-refractivity contribution in [1.82, 2.24) is 9.97 Å². The van der Waals surface area contributed by atoms with Crippen molar-refractivity contribution in [3.05, 3.63) is 53.1 Å². The number of methoxy groups -OCH3 is 1. The van der Waals surface area contributed by atoms with Gasteiger partial charge in [-0.1, -0.05) is 12.1 Å². The number of aromatic nitrogens is 2. The Hall–Kier alpha value is -3.25.